The molecule has 0 saturated carbocycles. The van der Waals surface area contributed by atoms with Crippen LogP contribution in [-0.4, -0.2) is 41.4 Å². The zero-order chi connectivity index (χ0) is 11.1. The summed E-state index contributed by atoms with van der Waals surface area (Å²) in [6, 6.07) is 0. The summed E-state index contributed by atoms with van der Waals surface area (Å²) in [4.78, 5) is 0. The minimum atomic E-state index is 0.670. The molecule has 0 nitrogen and oxygen atoms in total. The Morgan fingerprint density at radius 3 is 1.81 bits per heavy atom. The van der Waals surface area contributed by atoms with E-state index >= 15 is 0 Å². The van der Waals surface area contributed by atoms with Crippen LogP contribution in [0.1, 0.15) is 13.8 Å². The monoisotopic (exact) mass is 418 g/mol. The number of hydrogen-bond donors (Lipinski definition) is 0. The summed E-state index contributed by atoms with van der Waals surface area (Å²) in [6.45, 7) is 4.65. The van der Waals surface area contributed by atoms with Crippen molar-refractivity contribution in [1.29, 1.82) is 0 Å². The van der Waals surface area contributed by atoms with E-state index in [4.69, 9.17) is 0 Å². The summed E-state index contributed by atoms with van der Waals surface area (Å²) in [5.41, 5.74) is 0. The van der Waals surface area contributed by atoms with Crippen molar-refractivity contribution in [2.45, 2.75) is 13.8 Å². The molecule has 0 bridgehead atoms. The van der Waals surface area contributed by atoms with Gasteiger partial charge in [-0.2, -0.15) is 0 Å². The van der Waals surface area contributed by atoms with Crippen LogP contribution < -0.4 is 0 Å². The van der Waals surface area contributed by atoms with Gasteiger partial charge in [-0.25, -0.2) is 0 Å². The normalized spacial score (nSPS) is 25.9. The molecule has 0 atom stereocenters. The van der Waals surface area contributed by atoms with Crippen LogP contribution in [0, 0.1) is 0 Å². The third-order valence-electron chi connectivity index (χ3n) is 2.24. The van der Waals surface area contributed by atoms with Gasteiger partial charge in [0.1, 0.15) is 0 Å². The Morgan fingerprint density at radius 2 is 1.31 bits per heavy atom. The van der Waals surface area contributed by atoms with Crippen LogP contribution in [0.3, 0.4) is 0 Å². The van der Waals surface area contributed by atoms with Crippen molar-refractivity contribution < 1.29 is 0 Å². The Bertz CT molecular complexity index is 400. The van der Waals surface area contributed by atoms with Gasteiger partial charge >= 0.3 is 127 Å². The van der Waals surface area contributed by atoms with Gasteiger partial charge in [0.05, 0.1) is 0 Å². The van der Waals surface area contributed by atoms with Crippen LogP contribution in [0.4, 0.5) is 0 Å². The predicted molar refractivity (Wildman–Crippen MR) is 84.0 cm³/mol. The molecule has 0 spiro atoms. The third kappa shape index (κ3) is 2.50. The Labute approximate surface area is 126 Å². The zero-order valence-electron chi connectivity index (χ0n) is 8.86. The fourth-order valence-electron chi connectivity index (χ4n) is 1.33. The third-order valence-corrected chi connectivity index (χ3v) is 15.9. The number of rotatable bonds is 0. The van der Waals surface area contributed by atoms with Crippen LogP contribution in [-0.2, 0) is 0 Å². The number of thioether (sulfide) groups is 4. The summed E-state index contributed by atoms with van der Waals surface area (Å²) in [5.74, 6) is 2.60. The Morgan fingerprint density at radius 1 is 0.812 bits per heavy atom. The molecule has 6 heteroatoms. The number of hydrogen-bond acceptors (Lipinski definition) is 4. The molecular weight excluding hydrogens is 406 g/mol. The molecule has 86 valence electrons. The first kappa shape index (κ1) is 12.7. The Balaban J connectivity index is 1.79. The summed E-state index contributed by atoms with van der Waals surface area (Å²) >= 11 is 9.60. The van der Waals surface area contributed by atoms with Gasteiger partial charge in [0.25, 0.3) is 0 Å². The average molecular weight is 416 g/mol. The second-order valence-electron chi connectivity index (χ2n) is 3.37. The van der Waals surface area contributed by atoms with Crippen LogP contribution in [0.2, 0.25) is 0 Å². The quantitative estimate of drug-likeness (QED) is 0.550. The van der Waals surface area contributed by atoms with Gasteiger partial charge in [-0.1, -0.05) is 0 Å². The van der Waals surface area contributed by atoms with Crippen molar-refractivity contribution in [3.05, 3.63) is 25.0 Å². The van der Waals surface area contributed by atoms with Crippen molar-refractivity contribution in [3.63, 3.8) is 0 Å². The molecule has 0 fully saturated rings. The van der Waals surface area contributed by atoms with Crippen molar-refractivity contribution >= 4 is 77.0 Å². The molecule has 0 amide bonds. The van der Waals surface area contributed by atoms with Crippen molar-refractivity contribution in [2.75, 3.05) is 11.5 Å². The molecule has 0 aromatic heterocycles. The van der Waals surface area contributed by atoms with E-state index in [9.17, 15) is 0 Å². The molecule has 0 unspecified atom stereocenters. The van der Waals surface area contributed by atoms with E-state index in [-0.39, 0.29) is 0 Å². The van der Waals surface area contributed by atoms with Gasteiger partial charge in [0.2, 0.25) is 0 Å². The zero-order valence-corrected chi connectivity index (χ0v) is 15.6. The molecule has 0 N–H and O–H groups in total. The summed E-state index contributed by atoms with van der Waals surface area (Å²) < 4.78 is 9.99. The first-order chi connectivity index (χ1) is 7.74. The van der Waals surface area contributed by atoms with Crippen LogP contribution >= 0.6 is 47.0 Å². The van der Waals surface area contributed by atoms with Gasteiger partial charge in [-0.3, -0.25) is 0 Å². The van der Waals surface area contributed by atoms with Gasteiger partial charge in [-0.05, 0) is 0 Å². The molecule has 0 aromatic carbocycles. The first-order valence-electron chi connectivity index (χ1n) is 4.87. The molecule has 16 heavy (non-hydrogen) atoms. The fraction of sp³-hybridized carbons (Fsp3) is 0.400. The maximum absolute atomic E-state index is 2.33. The molecule has 3 rings (SSSR count). The topological polar surface area (TPSA) is 0 Å². The van der Waals surface area contributed by atoms with E-state index in [0.29, 0.717) is 29.9 Å². The van der Waals surface area contributed by atoms with Gasteiger partial charge in [0.15, 0.2) is 0 Å². The van der Waals surface area contributed by atoms with Gasteiger partial charge < -0.3 is 0 Å². The SMILES string of the molecule is CC1=C(C)[Se]C(=C2SC3=C(SCCS3)S2)[Se]1. The molecular formula is C10H10S4Se2. The van der Waals surface area contributed by atoms with Gasteiger partial charge in [-0.15, -0.1) is 0 Å². The van der Waals surface area contributed by atoms with E-state index in [1.807, 2.05) is 0 Å². The molecule has 0 saturated heterocycles. The molecule has 3 heterocycles. The second-order valence-corrected chi connectivity index (χ2v) is 14.8. The van der Waals surface area contributed by atoms with E-state index in [1.165, 1.54) is 11.5 Å². The molecule has 3 aliphatic rings. The van der Waals surface area contributed by atoms with Crippen molar-refractivity contribution in [2.24, 2.45) is 0 Å². The van der Waals surface area contributed by atoms with Crippen LogP contribution in [0.15, 0.2) is 25.0 Å². The van der Waals surface area contributed by atoms with E-state index in [1.54, 1.807) is 25.0 Å². The van der Waals surface area contributed by atoms with Gasteiger partial charge in [0, 0.05) is 0 Å². The average Bonchev–Trinajstić information content (AvgIpc) is 2.83. The minimum absolute atomic E-state index is 0.670. The predicted octanol–water partition coefficient (Wildman–Crippen LogP) is 3.87. The van der Waals surface area contributed by atoms with E-state index in [2.05, 4.69) is 60.9 Å². The van der Waals surface area contributed by atoms with E-state index < -0.39 is 0 Å². The van der Waals surface area contributed by atoms with Crippen molar-refractivity contribution in [1.82, 2.24) is 0 Å². The summed E-state index contributed by atoms with van der Waals surface area (Å²) in [5, 5.41) is 0. The molecule has 0 aromatic rings. The van der Waals surface area contributed by atoms with Crippen molar-refractivity contribution in [3.8, 4) is 0 Å². The molecule has 0 radical (unpaired) electrons. The summed E-state index contributed by atoms with van der Waals surface area (Å²) in [7, 11) is 0. The standard InChI is InChI=1S/C10H10S4Se2/c1-5-6(2)16-10(15-5)9-13-7-8(14-9)12-4-3-11-7/h3-4H2,1-2H3. The Kier molecular flexibility index (Phi) is 4.23. The fourth-order valence-corrected chi connectivity index (χ4v) is 15.1. The maximum atomic E-state index is 2.33. The first-order valence-corrected chi connectivity index (χ1v) is 11.9. The second kappa shape index (κ2) is 5.34. The molecule has 3 aliphatic heterocycles. The number of allylic oxidation sites excluding steroid dienone is 2. The van der Waals surface area contributed by atoms with Crippen LogP contribution in [0.5, 0.6) is 0 Å². The van der Waals surface area contributed by atoms with Crippen LogP contribution in [0.25, 0.3) is 0 Å². The van der Waals surface area contributed by atoms with E-state index in [0.717, 1.165) is 0 Å². The summed E-state index contributed by atoms with van der Waals surface area (Å²) in [6.07, 6.45) is 0. The Hall–Kier alpha value is 1.66. The molecule has 0 aliphatic carbocycles.